The van der Waals surface area contributed by atoms with Crippen LogP contribution >= 0.6 is 0 Å². The number of aromatic nitrogens is 3. The molecule has 0 spiro atoms. The number of benzene rings is 1. The van der Waals surface area contributed by atoms with Crippen molar-refractivity contribution in [3.8, 4) is 11.3 Å². The highest BCUT2D eigenvalue weighted by Crippen LogP contribution is 2.19. The van der Waals surface area contributed by atoms with Crippen LogP contribution in [0, 0.1) is 19.7 Å². The van der Waals surface area contributed by atoms with Gasteiger partial charge in [0.25, 0.3) is 5.56 Å². The molecular weight excluding hydrogens is 285 g/mol. The van der Waals surface area contributed by atoms with E-state index in [9.17, 15) is 9.18 Å². The first-order valence-corrected chi connectivity index (χ1v) is 6.80. The third-order valence-electron chi connectivity index (χ3n) is 3.31. The van der Waals surface area contributed by atoms with Crippen LogP contribution in [0.3, 0.4) is 0 Å². The SMILES string of the molecule is Cc1nc(C)c(Cn2nc(-c3ccccc3F)ccc2=O)o1. The van der Waals surface area contributed by atoms with Crippen LogP contribution in [-0.4, -0.2) is 14.8 Å². The summed E-state index contributed by atoms with van der Waals surface area (Å²) >= 11 is 0. The fraction of sp³-hybridized carbons (Fsp3) is 0.188. The van der Waals surface area contributed by atoms with Gasteiger partial charge in [-0.05, 0) is 25.1 Å². The second-order valence-corrected chi connectivity index (χ2v) is 4.94. The van der Waals surface area contributed by atoms with E-state index >= 15 is 0 Å². The van der Waals surface area contributed by atoms with Gasteiger partial charge in [-0.25, -0.2) is 14.1 Å². The Labute approximate surface area is 126 Å². The molecule has 0 N–H and O–H groups in total. The molecule has 3 rings (SSSR count). The maximum atomic E-state index is 13.8. The van der Waals surface area contributed by atoms with Crippen molar-refractivity contribution >= 4 is 0 Å². The Morgan fingerprint density at radius 3 is 2.64 bits per heavy atom. The van der Waals surface area contributed by atoms with Gasteiger partial charge in [-0.2, -0.15) is 5.10 Å². The highest BCUT2D eigenvalue weighted by molar-refractivity contribution is 5.58. The highest BCUT2D eigenvalue weighted by atomic mass is 19.1. The summed E-state index contributed by atoms with van der Waals surface area (Å²) in [5, 5.41) is 4.23. The second kappa shape index (κ2) is 5.55. The van der Waals surface area contributed by atoms with Crippen LogP contribution in [0.1, 0.15) is 17.3 Å². The summed E-state index contributed by atoms with van der Waals surface area (Å²) in [7, 11) is 0. The van der Waals surface area contributed by atoms with Gasteiger partial charge in [0, 0.05) is 18.6 Å². The summed E-state index contributed by atoms with van der Waals surface area (Å²) in [5.41, 5.74) is 1.17. The Morgan fingerprint density at radius 1 is 1.18 bits per heavy atom. The molecule has 0 aliphatic rings. The van der Waals surface area contributed by atoms with Crippen molar-refractivity contribution in [3.05, 3.63) is 69.9 Å². The molecule has 0 saturated carbocycles. The largest absolute Gasteiger partial charge is 0.444 e. The smallest absolute Gasteiger partial charge is 0.267 e. The molecule has 0 fully saturated rings. The molecule has 0 radical (unpaired) electrons. The Bertz CT molecular complexity index is 883. The van der Waals surface area contributed by atoms with E-state index < -0.39 is 0 Å². The van der Waals surface area contributed by atoms with Gasteiger partial charge in [-0.3, -0.25) is 4.79 Å². The van der Waals surface area contributed by atoms with E-state index in [1.54, 1.807) is 32.0 Å². The van der Waals surface area contributed by atoms with Crippen LogP contribution in [0.2, 0.25) is 0 Å². The molecule has 0 unspecified atom stereocenters. The van der Waals surface area contributed by atoms with Gasteiger partial charge in [0.05, 0.1) is 11.4 Å². The molecule has 2 aromatic heterocycles. The number of nitrogens with zero attached hydrogens (tertiary/aromatic N) is 3. The normalized spacial score (nSPS) is 10.9. The zero-order chi connectivity index (χ0) is 15.7. The lowest BCUT2D eigenvalue weighted by Crippen LogP contribution is -2.23. The molecule has 0 amide bonds. The summed E-state index contributed by atoms with van der Waals surface area (Å²) in [6.45, 7) is 3.70. The van der Waals surface area contributed by atoms with Gasteiger partial charge < -0.3 is 4.42 Å². The first-order valence-electron chi connectivity index (χ1n) is 6.80. The number of oxazole rings is 1. The molecule has 5 nitrogen and oxygen atoms in total. The minimum absolute atomic E-state index is 0.161. The Kier molecular flexibility index (Phi) is 3.58. The van der Waals surface area contributed by atoms with Crippen molar-refractivity contribution in [3.63, 3.8) is 0 Å². The standard InChI is InChI=1S/C16H14FN3O2/c1-10-15(22-11(2)18-10)9-20-16(21)8-7-14(19-20)12-5-3-4-6-13(12)17/h3-8H,9H2,1-2H3. The maximum absolute atomic E-state index is 13.8. The second-order valence-electron chi connectivity index (χ2n) is 4.94. The molecule has 0 aliphatic carbocycles. The van der Waals surface area contributed by atoms with Crippen LogP contribution in [0.15, 0.2) is 45.6 Å². The number of aryl methyl sites for hydroxylation is 2. The molecule has 0 atom stereocenters. The summed E-state index contributed by atoms with van der Waals surface area (Å²) in [6.07, 6.45) is 0. The summed E-state index contributed by atoms with van der Waals surface area (Å²) < 4.78 is 20.5. The zero-order valence-corrected chi connectivity index (χ0v) is 12.2. The summed E-state index contributed by atoms with van der Waals surface area (Å²) in [6, 6.07) is 9.19. The molecule has 22 heavy (non-hydrogen) atoms. The topological polar surface area (TPSA) is 60.9 Å². The van der Waals surface area contributed by atoms with Crippen molar-refractivity contribution in [2.24, 2.45) is 0 Å². The molecule has 3 aromatic rings. The molecule has 112 valence electrons. The zero-order valence-electron chi connectivity index (χ0n) is 12.2. The van der Waals surface area contributed by atoms with Crippen LogP contribution < -0.4 is 5.56 Å². The molecule has 6 heteroatoms. The van der Waals surface area contributed by atoms with Gasteiger partial charge in [-0.1, -0.05) is 12.1 Å². The van der Waals surface area contributed by atoms with Crippen LogP contribution in [-0.2, 0) is 6.54 Å². The number of halogens is 1. The minimum atomic E-state index is -0.383. The van der Waals surface area contributed by atoms with E-state index in [2.05, 4.69) is 10.1 Å². The van der Waals surface area contributed by atoms with Crippen LogP contribution in [0.5, 0.6) is 0 Å². The van der Waals surface area contributed by atoms with Gasteiger partial charge in [0.2, 0.25) is 0 Å². The van der Waals surface area contributed by atoms with Gasteiger partial charge >= 0.3 is 0 Å². The Morgan fingerprint density at radius 2 is 1.95 bits per heavy atom. The molecule has 1 aromatic carbocycles. The molecule has 2 heterocycles. The predicted molar refractivity (Wildman–Crippen MR) is 79.0 cm³/mol. The number of hydrogen-bond acceptors (Lipinski definition) is 4. The van der Waals surface area contributed by atoms with Gasteiger partial charge in [0.15, 0.2) is 5.89 Å². The average Bonchev–Trinajstić information content (AvgIpc) is 2.80. The van der Waals surface area contributed by atoms with E-state index in [1.807, 2.05) is 0 Å². The van der Waals surface area contributed by atoms with Crippen LogP contribution in [0.4, 0.5) is 4.39 Å². The van der Waals surface area contributed by atoms with Gasteiger partial charge in [0.1, 0.15) is 18.1 Å². The maximum Gasteiger partial charge on any atom is 0.267 e. The van der Waals surface area contributed by atoms with E-state index in [1.165, 1.54) is 22.9 Å². The van der Waals surface area contributed by atoms with Crippen molar-refractivity contribution in [2.45, 2.75) is 20.4 Å². The first kappa shape index (κ1) is 14.2. The third kappa shape index (κ3) is 2.67. The number of hydrogen-bond donors (Lipinski definition) is 0. The molecule has 0 aliphatic heterocycles. The highest BCUT2D eigenvalue weighted by Gasteiger charge is 2.12. The first-order chi connectivity index (χ1) is 10.5. The quantitative estimate of drug-likeness (QED) is 0.746. The summed E-state index contributed by atoms with van der Waals surface area (Å²) in [5.74, 6) is 0.718. The predicted octanol–water partition coefficient (Wildman–Crippen LogP) is 2.70. The number of rotatable bonds is 3. The lowest BCUT2D eigenvalue weighted by Gasteiger charge is -2.06. The fourth-order valence-corrected chi connectivity index (χ4v) is 2.23. The Hall–Kier alpha value is -2.76. The van der Waals surface area contributed by atoms with E-state index in [0.29, 0.717) is 28.6 Å². The Balaban J connectivity index is 2.02. The molecule has 0 bridgehead atoms. The molecular formula is C16H14FN3O2. The third-order valence-corrected chi connectivity index (χ3v) is 3.31. The van der Waals surface area contributed by atoms with Crippen molar-refractivity contribution in [1.29, 1.82) is 0 Å². The lowest BCUT2D eigenvalue weighted by molar-refractivity contribution is 0.446. The minimum Gasteiger partial charge on any atom is -0.444 e. The summed E-state index contributed by atoms with van der Waals surface area (Å²) in [4.78, 5) is 16.1. The lowest BCUT2D eigenvalue weighted by atomic mass is 10.1. The van der Waals surface area contributed by atoms with E-state index in [0.717, 1.165) is 0 Å². The van der Waals surface area contributed by atoms with E-state index in [4.69, 9.17) is 4.42 Å². The average molecular weight is 299 g/mol. The molecule has 0 saturated heterocycles. The van der Waals surface area contributed by atoms with Crippen molar-refractivity contribution in [1.82, 2.24) is 14.8 Å². The van der Waals surface area contributed by atoms with Gasteiger partial charge in [-0.15, -0.1) is 0 Å². The van der Waals surface area contributed by atoms with E-state index in [-0.39, 0.29) is 17.9 Å². The van der Waals surface area contributed by atoms with Crippen molar-refractivity contribution in [2.75, 3.05) is 0 Å². The monoisotopic (exact) mass is 299 g/mol. The van der Waals surface area contributed by atoms with Crippen molar-refractivity contribution < 1.29 is 8.81 Å². The fourth-order valence-electron chi connectivity index (χ4n) is 2.23. The van der Waals surface area contributed by atoms with Crippen LogP contribution in [0.25, 0.3) is 11.3 Å².